The molecule has 1 aromatic carbocycles. The lowest BCUT2D eigenvalue weighted by Crippen LogP contribution is -2.18. The highest BCUT2D eigenvalue weighted by Crippen LogP contribution is 2.26. The van der Waals surface area contributed by atoms with Gasteiger partial charge in [-0.25, -0.2) is 13.4 Å². The summed E-state index contributed by atoms with van der Waals surface area (Å²) < 4.78 is 40.4. The smallest absolute Gasteiger partial charge is 0.226 e. The Bertz CT molecular complexity index is 872. The van der Waals surface area contributed by atoms with Crippen LogP contribution in [0.1, 0.15) is 30.7 Å². The zero-order valence-corrected chi connectivity index (χ0v) is 16.7. The van der Waals surface area contributed by atoms with Crippen molar-refractivity contribution in [3.05, 3.63) is 35.7 Å². The minimum absolute atomic E-state index is 0.232. The number of nitrogens with zero attached hydrogens (tertiary/aromatic N) is 1. The Morgan fingerprint density at radius 2 is 2.00 bits per heavy atom. The van der Waals surface area contributed by atoms with Crippen LogP contribution in [0, 0.1) is 6.92 Å². The van der Waals surface area contributed by atoms with Gasteiger partial charge in [0.15, 0.2) is 9.84 Å². The molecule has 0 radical (unpaired) electrons. The van der Waals surface area contributed by atoms with Gasteiger partial charge in [0.1, 0.15) is 23.0 Å². The van der Waals surface area contributed by atoms with Gasteiger partial charge in [-0.05, 0) is 38.0 Å². The van der Waals surface area contributed by atoms with Gasteiger partial charge in [-0.3, -0.25) is 4.79 Å². The Labute approximate surface area is 159 Å². The number of aromatic nitrogens is 1. The first-order valence-corrected chi connectivity index (χ1v) is 10.5. The first-order chi connectivity index (χ1) is 12.8. The average Bonchev–Trinajstić information content (AvgIpc) is 2.98. The molecule has 0 aliphatic rings. The van der Waals surface area contributed by atoms with Crippen molar-refractivity contribution in [3.63, 3.8) is 0 Å². The third kappa shape index (κ3) is 6.48. The SMILES string of the molecule is COCCCCC(=O)CS(=O)(=O)Cc1nc(-c2cccc(OC)c2)oc1C. The summed E-state index contributed by atoms with van der Waals surface area (Å²) in [4.78, 5) is 16.2. The quantitative estimate of drug-likeness (QED) is 0.540. The van der Waals surface area contributed by atoms with E-state index in [-0.39, 0.29) is 18.0 Å². The molecule has 0 N–H and O–H groups in total. The van der Waals surface area contributed by atoms with Gasteiger partial charge in [-0.15, -0.1) is 0 Å². The number of hydrogen-bond acceptors (Lipinski definition) is 7. The van der Waals surface area contributed by atoms with Crippen LogP contribution in [0.5, 0.6) is 5.75 Å². The third-order valence-electron chi connectivity index (χ3n) is 4.00. The minimum Gasteiger partial charge on any atom is -0.497 e. The van der Waals surface area contributed by atoms with Crippen molar-refractivity contribution in [2.45, 2.75) is 31.9 Å². The van der Waals surface area contributed by atoms with Crippen LogP contribution in [0.3, 0.4) is 0 Å². The van der Waals surface area contributed by atoms with Crippen molar-refractivity contribution in [1.29, 1.82) is 0 Å². The molecule has 0 saturated carbocycles. The number of Topliss-reactive ketones (excluding diaryl/α,β-unsaturated/α-hetero) is 1. The number of carbonyl (C=O) groups is 1. The number of unbranched alkanes of at least 4 members (excludes halogenated alkanes) is 1. The average molecular weight is 395 g/mol. The van der Waals surface area contributed by atoms with Crippen LogP contribution in [0.25, 0.3) is 11.5 Å². The lowest BCUT2D eigenvalue weighted by atomic mass is 10.2. The monoisotopic (exact) mass is 395 g/mol. The van der Waals surface area contributed by atoms with Crippen molar-refractivity contribution in [2.75, 3.05) is 26.6 Å². The highest BCUT2D eigenvalue weighted by molar-refractivity contribution is 7.91. The number of carbonyl (C=O) groups excluding carboxylic acids is 1. The van der Waals surface area contributed by atoms with Gasteiger partial charge in [-0.1, -0.05) is 6.07 Å². The molecular formula is C19H25NO6S. The normalized spacial score (nSPS) is 11.5. The number of ether oxygens (including phenoxy) is 2. The summed E-state index contributed by atoms with van der Waals surface area (Å²) in [5, 5.41) is 0. The fourth-order valence-corrected chi connectivity index (χ4v) is 4.01. The lowest BCUT2D eigenvalue weighted by Gasteiger charge is -2.03. The Morgan fingerprint density at radius 1 is 1.22 bits per heavy atom. The topological polar surface area (TPSA) is 95.7 Å². The number of methoxy groups -OCH3 is 2. The van der Waals surface area contributed by atoms with Crippen molar-refractivity contribution < 1.29 is 27.1 Å². The largest absolute Gasteiger partial charge is 0.497 e. The molecular weight excluding hydrogens is 370 g/mol. The maximum Gasteiger partial charge on any atom is 0.226 e. The Balaban J connectivity index is 2.04. The molecule has 2 aromatic rings. The molecule has 1 aromatic heterocycles. The Hall–Kier alpha value is -2.19. The summed E-state index contributed by atoms with van der Waals surface area (Å²) in [7, 11) is -0.459. The zero-order chi connectivity index (χ0) is 19.9. The summed E-state index contributed by atoms with van der Waals surface area (Å²) in [6, 6.07) is 7.15. The van der Waals surface area contributed by atoms with E-state index in [1.807, 2.05) is 0 Å². The number of sulfone groups is 1. The number of aryl methyl sites for hydroxylation is 1. The van der Waals surface area contributed by atoms with Gasteiger partial charge < -0.3 is 13.9 Å². The van der Waals surface area contributed by atoms with Crippen LogP contribution in [-0.4, -0.2) is 45.8 Å². The van der Waals surface area contributed by atoms with Gasteiger partial charge in [0.2, 0.25) is 5.89 Å². The summed E-state index contributed by atoms with van der Waals surface area (Å²) in [6.45, 7) is 2.22. The van der Waals surface area contributed by atoms with Crippen molar-refractivity contribution in [1.82, 2.24) is 4.98 Å². The van der Waals surface area contributed by atoms with Crippen LogP contribution in [-0.2, 0) is 25.1 Å². The van der Waals surface area contributed by atoms with Crippen LogP contribution < -0.4 is 4.74 Å². The van der Waals surface area contributed by atoms with E-state index in [1.54, 1.807) is 45.4 Å². The van der Waals surface area contributed by atoms with Gasteiger partial charge in [0.25, 0.3) is 0 Å². The summed E-state index contributed by atoms with van der Waals surface area (Å²) in [6.07, 6.45) is 1.58. The number of benzene rings is 1. The van der Waals surface area contributed by atoms with Crippen LogP contribution in [0.4, 0.5) is 0 Å². The van der Waals surface area contributed by atoms with Crippen molar-refractivity contribution in [2.24, 2.45) is 0 Å². The maximum absolute atomic E-state index is 12.4. The van der Waals surface area contributed by atoms with Crippen LogP contribution in [0.15, 0.2) is 28.7 Å². The van der Waals surface area contributed by atoms with E-state index in [4.69, 9.17) is 13.9 Å². The van der Waals surface area contributed by atoms with Crippen LogP contribution in [0.2, 0.25) is 0 Å². The third-order valence-corrected chi connectivity index (χ3v) is 5.48. The number of hydrogen-bond donors (Lipinski definition) is 0. The molecule has 0 aliphatic carbocycles. The van der Waals surface area contributed by atoms with Crippen LogP contribution >= 0.6 is 0 Å². The Kier molecular flexibility index (Phi) is 7.55. The molecule has 8 heteroatoms. The zero-order valence-electron chi connectivity index (χ0n) is 15.9. The van der Waals surface area contributed by atoms with E-state index in [1.165, 1.54) is 0 Å². The number of rotatable bonds is 11. The first kappa shape index (κ1) is 21.1. The molecule has 0 aliphatic heterocycles. The first-order valence-electron chi connectivity index (χ1n) is 8.66. The molecule has 0 fully saturated rings. The van der Waals surface area contributed by atoms with Gasteiger partial charge in [0, 0.05) is 25.7 Å². The molecule has 0 spiro atoms. The van der Waals surface area contributed by atoms with E-state index in [2.05, 4.69) is 4.98 Å². The molecule has 0 bridgehead atoms. The lowest BCUT2D eigenvalue weighted by molar-refractivity contribution is -0.116. The second-order valence-electron chi connectivity index (χ2n) is 6.27. The van der Waals surface area contributed by atoms with Crippen molar-refractivity contribution >= 4 is 15.6 Å². The van der Waals surface area contributed by atoms with Gasteiger partial charge >= 0.3 is 0 Å². The second-order valence-corrected chi connectivity index (χ2v) is 8.34. The molecule has 0 saturated heterocycles. The Morgan fingerprint density at radius 3 is 2.70 bits per heavy atom. The molecule has 1 heterocycles. The molecule has 0 atom stereocenters. The van der Waals surface area contributed by atoms with E-state index >= 15 is 0 Å². The van der Waals surface area contributed by atoms with Gasteiger partial charge in [-0.2, -0.15) is 0 Å². The maximum atomic E-state index is 12.4. The number of oxazole rings is 1. The standard InChI is InChI=1S/C19H25NO6S/c1-14-18(13-27(22,23)12-16(21)8-4-5-10-24-2)20-19(26-14)15-7-6-9-17(11-15)25-3/h6-7,9,11H,4-5,8,10,12-13H2,1-3H3. The molecule has 0 amide bonds. The van der Waals surface area contributed by atoms with Gasteiger partial charge in [0.05, 0.1) is 18.6 Å². The predicted molar refractivity (Wildman–Crippen MR) is 101 cm³/mol. The fraction of sp³-hybridized carbons (Fsp3) is 0.474. The molecule has 0 unspecified atom stereocenters. The number of ketones is 1. The van der Waals surface area contributed by atoms with E-state index in [9.17, 15) is 13.2 Å². The summed E-state index contributed by atoms with van der Waals surface area (Å²) >= 11 is 0. The fourth-order valence-electron chi connectivity index (χ4n) is 2.59. The molecule has 27 heavy (non-hydrogen) atoms. The molecule has 7 nitrogen and oxygen atoms in total. The summed E-state index contributed by atoms with van der Waals surface area (Å²) in [5.74, 6) is 0.292. The summed E-state index contributed by atoms with van der Waals surface area (Å²) in [5.41, 5.74) is 1.01. The van der Waals surface area contributed by atoms with E-state index in [0.717, 1.165) is 6.42 Å². The second kappa shape index (κ2) is 9.66. The minimum atomic E-state index is -3.61. The molecule has 148 valence electrons. The van der Waals surface area contributed by atoms with E-state index in [0.29, 0.717) is 41.7 Å². The predicted octanol–water partition coefficient (Wildman–Crippen LogP) is 2.96. The molecule has 2 rings (SSSR count). The van der Waals surface area contributed by atoms with Crippen molar-refractivity contribution in [3.8, 4) is 17.2 Å². The van der Waals surface area contributed by atoms with E-state index < -0.39 is 15.6 Å². The highest BCUT2D eigenvalue weighted by atomic mass is 32.2. The highest BCUT2D eigenvalue weighted by Gasteiger charge is 2.22.